The summed E-state index contributed by atoms with van der Waals surface area (Å²) in [5, 5.41) is 1.29. The number of nitrogens with zero attached hydrogens (tertiary/aromatic N) is 1. The molecule has 1 saturated carbocycles. The Balaban J connectivity index is 2.08. The third-order valence-corrected chi connectivity index (χ3v) is 2.95. The summed E-state index contributed by atoms with van der Waals surface area (Å²) in [5.74, 6) is 0.909. The number of rotatable bonds is 2. The fourth-order valence-electron chi connectivity index (χ4n) is 1.94. The van der Waals surface area contributed by atoms with E-state index in [4.69, 9.17) is 5.73 Å². The maximum Gasteiger partial charge on any atom is 0.0500 e. The van der Waals surface area contributed by atoms with Gasteiger partial charge in [0.05, 0.1) is 5.52 Å². The molecule has 0 aliphatic heterocycles. The second kappa shape index (κ2) is 2.77. The van der Waals surface area contributed by atoms with E-state index >= 15 is 0 Å². The third kappa shape index (κ3) is 1.27. The van der Waals surface area contributed by atoms with E-state index in [1.54, 1.807) is 0 Å². The highest BCUT2D eigenvalue weighted by Crippen LogP contribution is 2.32. The van der Waals surface area contributed by atoms with Gasteiger partial charge in [0.15, 0.2) is 0 Å². The minimum atomic E-state index is 0.855. The minimum absolute atomic E-state index is 0.855. The van der Waals surface area contributed by atoms with E-state index in [2.05, 4.69) is 29.0 Å². The molecule has 2 heteroatoms. The van der Waals surface area contributed by atoms with E-state index < -0.39 is 0 Å². The van der Waals surface area contributed by atoms with Crippen LogP contribution in [0.3, 0.4) is 0 Å². The molecule has 1 aromatic heterocycles. The van der Waals surface area contributed by atoms with Crippen LogP contribution in [0, 0.1) is 5.92 Å². The van der Waals surface area contributed by atoms with Gasteiger partial charge in [0.25, 0.3) is 0 Å². The number of fused-ring (bicyclic) bond motifs is 1. The van der Waals surface area contributed by atoms with Crippen molar-refractivity contribution in [2.24, 2.45) is 5.92 Å². The first-order valence-electron chi connectivity index (χ1n) is 5.17. The van der Waals surface area contributed by atoms with E-state index in [1.165, 1.54) is 23.7 Å². The molecular formula is C12H14N2. The Bertz CT molecular complexity index is 466. The molecule has 1 heterocycles. The number of anilines is 1. The number of hydrogen-bond acceptors (Lipinski definition) is 1. The molecule has 1 aliphatic rings. The lowest BCUT2D eigenvalue weighted by Gasteiger charge is -2.03. The second-order valence-electron chi connectivity index (χ2n) is 4.23. The molecule has 3 rings (SSSR count). The molecule has 1 aromatic carbocycles. The molecule has 2 aromatic rings. The van der Waals surface area contributed by atoms with Gasteiger partial charge < -0.3 is 10.3 Å². The topological polar surface area (TPSA) is 30.9 Å². The first-order valence-corrected chi connectivity index (χ1v) is 5.17. The Hall–Kier alpha value is -1.44. The van der Waals surface area contributed by atoms with Gasteiger partial charge >= 0.3 is 0 Å². The van der Waals surface area contributed by atoms with Crippen molar-refractivity contribution < 1.29 is 0 Å². The summed E-state index contributed by atoms with van der Waals surface area (Å²) < 4.78 is 2.32. The van der Waals surface area contributed by atoms with Crippen molar-refractivity contribution >= 4 is 16.6 Å². The molecule has 0 unspecified atom stereocenters. The highest BCUT2D eigenvalue weighted by molar-refractivity contribution is 5.83. The molecule has 0 radical (unpaired) electrons. The molecular weight excluding hydrogens is 172 g/mol. The summed E-state index contributed by atoms with van der Waals surface area (Å²) >= 11 is 0. The van der Waals surface area contributed by atoms with E-state index in [0.717, 1.165) is 18.2 Å². The normalized spacial score (nSPS) is 16.3. The summed E-state index contributed by atoms with van der Waals surface area (Å²) in [6, 6.07) is 8.28. The predicted molar refractivity (Wildman–Crippen MR) is 59.1 cm³/mol. The standard InChI is InChI=1S/C12H14N2/c13-11-4-3-10-5-6-14(12(10)7-11)8-9-1-2-9/h3-7,9H,1-2,8,13H2. The van der Waals surface area contributed by atoms with Gasteiger partial charge in [-0.15, -0.1) is 0 Å². The van der Waals surface area contributed by atoms with E-state index in [1.807, 2.05) is 6.07 Å². The van der Waals surface area contributed by atoms with Crippen molar-refractivity contribution in [3.05, 3.63) is 30.5 Å². The zero-order chi connectivity index (χ0) is 9.54. The van der Waals surface area contributed by atoms with E-state index in [0.29, 0.717) is 0 Å². The maximum absolute atomic E-state index is 5.79. The highest BCUT2D eigenvalue weighted by atomic mass is 15.0. The lowest BCUT2D eigenvalue weighted by Crippen LogP contribution is -1.97. The van der Waals surface area contributed by atoms with Crippen molar-refractivity contribution in [3.63, 3.8) is 0 Å². The molecule has 2 nitrogen and oxygen atoms in total. The van der Waals surface area contributed by atoms with Crippen LogP contribution in [0.25, 0.3) is 10.9 Å². The summed E-state index contributed by atoms with van der Waals surface area (Å²) in [6.07, 6.45) is 4.95. The van der Waals surface area contributed by atoms with Gasteiger partial charge in [-0.1, -0.05) is 6.07 Å². The molecule has 0 saturated heterocycles. The quantitative estimate of drug-likeness (QED) is 0.718. The van der Waals surface area contributed by atoms with Gasteiger partial charge in [-0.3, -0.25) is 0 Å². The molecule has 0 spiro atoms. The average molecular weight is 186 g/mol. The van der Waals surface area contributed by atoms with Gasteiger partial charge in [0.1, 0.15) is 0 Å². The highest BCUT2D eigenvalue weighted by Gasteiger charge is 2.21. The van der Waals surface area contributed by atoms with Crippen molar-refractivity contribution in [3.8, 4) is 0 Å². The van der Waals surface area contributed by atoms with Crippen molar-refractivity contribution in [1.82, 2.24) is 4.57 Å². The molecule has 2 N–H and O–H groups in total. The third-order valence-electron chi connectivity index (χ3n) is 2.95. The van der Waals surface area contributed by atoms with Crippen molar-refractivity contribution in [2.45, 2.75) is 19.4 Å². The first kappa shape index (κ1) is 7.92. The number of nitrogens with two attached hydrogens (primary N) is 1. The monoisotopic (exact) mass is 186 g/mol. The minimum Gasteiger partial charge on any atom is -0.399 e. The molecule has 1 aliphatic carbocycles. The van der Waals surface area contributed by atoms with Crippen LogP contribution in [0.1, 0.15) is 12.8 Å². The molecule has 0 bridgehead atoms. The second-order valence-corrected chi connectivity index (χ2v) is 4.23. The van der Waals surface area contributed by atoms with Crippen LogP contribution in [0.2, 0.25) is 0 Å². The lowest BCUT2D eigenvalue weighted by molar-refractivity contribution is 0.647. The summed E-state index contributed by atoms with van der Waals surface area (Å²) in [7, 11) is 0. The van der Waals surface area contributed by atoms with Crippen LogP contribution in [0.4, 0.5) is 5.69 Å². The maximum atomic E-state index is 5.79. The lowest BCUT2D eigenvalue weighted by atomic mass is 10.2. The fourth-order valence-corrected chi connectivity index (χ4v) is 1.94. The Labute approximate surface area is 83.3 Å². The Kier molecular flexibility index (Phi) is 1.57. The SMILES string of the molecule is Nc1ccc2ccn(CC3CC3)c2c1. The zero-order valence-electron chi connectivity index (χ0n) is 8.11. The summed E-state index contributed by atoms with van der Waals surface area (Å²) in [5.41, 5.74) is 7.91. The average Bonchev–Trinajstić information content (AvgIpc) is 2.90. The van der Waals surface area contributed by atoms with E-state index in [9.17, 15) is 0 Å². The number of benzene rings is 1. The summed E-state index contributed by atoms with van der Waals surface area (Å²) in [6.45, 7) is 1.16. The van der Waals surface area contributed by atoms with Crippen LogP contribution in [-0.2, 0) is 6.54 Å². The van der Waals surface area contributed by atoms with Gasteiger partial charge in [-0.25, -0.2) is 0 Å². The number of nitrogen functional groups attached to an aromatic ring is 1. The Morgan fingerprint density at radius 2 is 2.14 bits per heavy atom. The van der Waals surface area contributed by atoms with Gasteiger partial charge in [0, 0.05) is 18.4 Å². The van der Waals surface area contributed by atoms with Crippen molar-refractivity contribution in [1.29, 1.82) is 0 Å². The molecule has 72 valence electrons. The first-order chi connectivity index (χ1) is 6.83. The number of hydrogen-bond donors (Lipinski definition) is 1. The van der Waals surface area contributed by atoms with Crippen molar-refractivity contribution in [2.75, 3.05) is 5.73 Å². The smallest absolute Gasteiger partial charge is 0.0500 e. The summed E-state index contributed by atoms with van der Waals surface area (Å²) in [4.78, 5) is 0. The Morgan fingerprint density at radius 3 is 2.93 bits per heavy atom. The number of aromatic nitrogens is 1. The van der Waals surface area contributed by atoms with Crippen LogP contribution < -0.4 is 5.73 Å². The van der Waals surface area contributed by atoms with Crippen LogP contribution >= 0.6 is 0 Å². The van der Waals surface area contributed by atoms with Crippen LogP contribution in [-0.4, -0.2) is 4.57 Å². The predicted octanol–water partition coefficient (Wildman–Crippen LogP) is 2.63. The Morgan fingerprint density at radius 1 is 1.29 bits per heavy atom. The van der Waals surface area contributed by atoms with E-state index in [-0.39, 0.29) is 0 Å². The fraction of sp³-hybridized carbons (Fsp3) is 0.333. The van der Waals surface area contributed by atoms with Gasteiger partial charge in [-0.05, 0) is 42.3 Å². The van der Waals surface area contributed by atoms with Gasteiger partial charge in [0.2, 0.25) is 0 Å². The zero-order valence-corrected chi connectivity index (χ0v) is 8.11. The molecule has 14 heavy (non-hydrogen) atoms. The molecule has 0 amide bonds. The largest absolute Gasteiger partial charge is 0.399 e. The molecule has 1 fully saturated rings. The van der Waals surface area contributed by atoms with Gasteiger partial charge in [-0.2, -0.15) is 0 Å². The molecule has 0 atom stereocenters. The van der Waals surface area contributed by atoms with Crippen LogP contribution in [0.15, 0.2) is 30.5 Å². The van der Waals surface area contributed by atoms with Crippen LogP contribution in [0.5, 0.6) is 0 Å².